The Morgan fingerprint density at radius 2 is 2.19 bits per heavy atom. The molecule has 1 aliphatic rings. The minimum absolute atomic E-state index is 0.0325. The first-order valence-corrected chi connectivity index (χ1v) is 7.12. The van der Waals surface area contributed by atoms with Crippen molar-refractivity contribution in [3.63, 3.8) is 0 Å². The number of benzene rings is 1. The normalized spacial score (nSPS) is 16.7. The predicted octanol–water partition coefficient (Wildman–Crippen LogP) is 2.26. The van der Waals surface area contributed by atoms with Crippen LogP contribution in [0.5, 0.6) is 5.75 Å². The summed E-state index contributed by atoms with van der Waals surface area (Å²) >= 11 is 0. The number of aryl methyl sites for hydroxylation is 1. The SMILES string of the molecule is Cc1ccc(CNC(=O)C2COc3ccccc3C2)cn1. The number of ether oxygens (including phenoxy) is 1. The molecule has 1 N–H and O–H groups in total. The summed E-state index contributed by atoms with van der Waals surface area (Å²) in [6, 6.07) is 11.8. The summed E-state index contributed by atoms with van der Waals surface area (Å²) in [6.07, 6.45) is 2.52. The zero-order valence-corrected chi connectivity index (χ0v) is 12.0. The Bertz CT molecular complexity index is 637. The fourth-order valence-electron chi connectivity index (χ4n) is 2.43. The largest absolute Gasteiger partial charge is 0.492 e. The van der Waals surface area contributed by atoms with Gasteiger partial charge in [-0.3, -0.25) is 9.78 Å². The topological polar surface area (TPSA) is 51.2 Å². The molecule has 0 saturated heterocycles. The van der Waals surface area contributed by atoms with Crippen LogP contribution in [0.1, 0.15) is 16.8 Å². The lowest BCUT2D eigenvalue weighted by atomic mass is 9.96. The zero-order valence-electron chi connectivity index (χ0n) is 12.0. The molecule has 4 heteroatoms. The van der Waals surface area contributed by atoms with Gasteiger partial charge in [-0.2, -0.15) is 0 Å². The summed E-state index contributed by atoms with van der Waals surface area (Å²) in [5.74, 6) is 0.799. The number of amides is 1. The molecule has 0 radical (unpaired) electrons. The van der Waals surface area contributed by atoms with Crippen molar-refractivity contribution in [2.24, 2.45) is 5.92 Å². The van der Waals surface area contributed by atoms with Crippen LogP contribution in [-0.4, -0.2) is 17.5 Å². The Kier molecular flexibility index (Phi) is 3.86. The molecule has 0 aliphatic carbocycles. The van der Waals surface area contributed by atoms with Gasteiger partial charge in [-0.15, -0.1) is 0 Å². The number of hydrogen-bond acceptors (Lipinski definition) is 3. The van der Waals surface area contributed by atoms with Crippen LogP contribution >= 0.6 is 0 Å². The number of pyridine rings is 1. The van der Waals surface area contributed by atoms with Crippen molar-refractivity contribution in [1.82, 2.24) is 10.3 Å². The minimum atomic E-state index is -0.127. The Labute approximate surface area is 124 Å². The number of rotatable bonds is 3. The molecule has 108 valence electrons. The van der Waals surface area contributed by atoms with Crippen LogP contribution in [0.3, 0.4) is 0 Å². The summed E-state index contributed by atoms with van der Waals surface area (Å²) in [5, 5.41) is 2.96. The summed E-state index contributed by atoms with van der Waals surface area (Å²) < 4.78 is 5.65. The van der Waals surface area contributed by atoms with Crippen LogP contribution < -0.4 is 10.1 Å². The van der Waals surface area contributed by atoms with Gasteiger partial charge in [0, 0.05) is 18.4 Å². The van der Waals surface area contributed by atoms with E-state index in [0.29, 0.717) is 13.2 Å². The van der Waals surface area contributed by atoms with E-state index in [1.54, 1.807) is 6.20 Å². The van der Waals surface area contributed by atoms with Gasteiger partial charge in [0.25, 0.3) is 0 Å². The average molecular weight is 282 g/mol. The lowest BCUT2D eigenvalue weighted by Gasteiger charge is -2.24. The maximum Gasteiger partial charge on any atom is 0.227 e. The molecule has 1 aliphatic heterocycles. The molecule has 1 amide bonds. The van der Waals surface area contributed by atoms with E-state index in [-0.39, 0.29) is 11.8 Å². The molecule has 4 nitrogen and oxygen atoms in total. The highest BCUT2D eigenvalue weighted by atomic mass is 16.5. The van der Waals surface area contributed by atoms with Crippen molar-refractivity contribution < 1.29 is 9.53 Å². The molecule has 1 unspecified atom stereocenters. The Morgan fingerprint density at radius 3 is 3.00 bits per heavy atom. The second-order valence-corrected chi connectivity index (χ2v) is 5.35. The number of nitrogens with zero attached hydrogens (tertiary/aromatic N) is 1. The van der Waals surface area contributed by atoms with Crippen LogP contribution in [0, 0.1) is 12.8 Å². The van der Waals surface area contributed by atoms with Crippen LogP contribution in [0.4, 0.5) is 0 Å². The molecule has 0 fully saturated rings. The Hall–Kier alpha value is -2.36. The van der Waals surface area contributed by atoms with Crippen LogP contribution in [0.15, 0.2) is 42.6 Å². The molecule has 2 aromatic rings. The average Bonchev–Trinajstić information content (AvgIpc) is 2.53. The summed E-state index contributed by atoms with van der Waals surface area (Å²) in [7, 11) is 0. The first kappa shape index (κ1) is 13.6. The third-order valence-corrected chi connectivity index (χ3v) is 3.69. The van der Waals surface area contributed by atoms with E-state index in [4.69, 9.17) is 4.74 Å². The fraction of sp³-hybridized carbons (Fsp3) is 0.294. The summed E-state index contributed by atoms with van der Waals surface area (Å²) in [6.45, 7) is 2.89. The van der Waals surface area contributed by atoms with Gasteiger partial charge in [0.15, 0.2) is 0 Å². The molecule has 1 aromatic heterocycles. The monoisotopic (exact) mass is 282 g/mol. The number of nitrogens with one attached hydrogen (secondary N) is 1. The van der Waals surface area contributed by atoms with Gasteiger partial charge >= 0.3 is 0 Å². The first-order valence-electron chi connectivity index (χ1n) is 7.12. The highest BCUT2D eigenvalue weighted by Gasteiger charge is 2.25. The van der Waals surface area contributed by atoms with Gasteiger partial charge in [0.1, 0.15) is 12.4 Å². The summed E-state index contributed by atoms with van der Waals surface area (Å²) in [5.41, 5.74) is 3.08. The van der Waals surface area contributed by atoms with Gasteiger partial charge in [0.05, 0.1) is 5.92 Å². The van der Waals surface area contributed by atoms with E-state index in [2.05, 4.69) is 10.3 Å². The number of fused-ring (bicyclic) bond motifs is 1. The van der Waals surface area contributed by atoms with Crippen molar-refractivity contribution in [2.75, 3.05) is 6.61 Å². The van der Waals surface area contributed by atoms with Crippen LogP contribution in [0.2, 0.25) is 0 Å². The third kappa shape index (κ3) is 3.21. The lowest BCUT2D eigenvalue weighted by molar-refractivity contribution is -0.126. The van der Waals surface area contributed by atoms with E-state index < -0.39 is 0 Å². The van der Waals surface area contributed by atoms with Crippen LogP contribution in [-0.2, 0) is 17.8 Å². The minimum Gasteiger partial charge on any atom is -0.492 e. The van der Waals surface area contributed by atoms with Crippen molar-refractivity contribution in [3.8, 4) is 5.75 Å². The molecule has 0 saturated carbocycles. The highest BCUT2D eigenvalue weighted by Crippen LogP contribution is 2.26. The maximum absolute atomic E-state index is 12.2. The van der Waals surface area contributed by atoms with Gasteiger partial charge in [-0.05, 0) is 36.6 Å². The zero-order chi connectivity index (χ0) is 14.7. The second-order valence-electron chi connectivity index (χ2n) is 5.35. The summed E-state index contributed by atoms with van der Waals surface area (Å²) in [4.78, 5) is 16.5. The maximum atomic E-state index is 12.2. The fourth-order valence-corrected chi connectivity index (χ4v) is 2.43. The molecule has 3 rings (SSSR count). The number of carbonyl (C=O) groups excluding carboxylic acids is 1. The van der Waals surface area contributed by atoms with Crippen molar-refractivity contribution in [2.45, 2.75) is 19.9 Å². The molecule has 2 heterocycles. The smallest absolute Gasteiger partial charge is 0.227 e. The number of para-hydroxylation sites is 1. The predicted molar refractivity (Wildman–Crippen MR) is 80.0 cm³/mol. The van der Waals surface area contributed by atoms with Crippen molar-refractivity contribution in [1.29, 1.82) is 0 Å². The quantitative estimate of drug-likeness (QED) is 0.939. The van der Waals surface area contributed by atoms with E-state index in [1.165, 1.54) is 0 Å². The lowest BCUT2D eigenvalue weighted by Crippen LogP contribution is -2.37. The Balaban J connectivity index is 1.58. The number of aromatic nitrogens is 1. The van der Waals surface area contributed by atoms with E-state index in [1.807, 2.05) is 43.3 Å². The van der Waals surface area contributed by atoms with Gasteiger partial charge in [-0.1, -0.05) is 24.3 Å². The Morgan fingerprint density at radius 1 is 1.33 bits per heavy atom. The van der Waals surface area contributed by atoms with E-state index in [0.717, 1.165) is 29.0 Å². The molecule has 0 bridgehead atoms. The van der Waals surface area contributed by atoms with Crippen LogP contribution in [0.25, 0.3) is 0 Å². The van der Waals surface area contributed by atoms with E-state index >= 15 is 0 Å². The highest BCUT2D eigenvalue weighted by molar-refractivity contribution is 5.79. The molecular formula is C17H18N2O2. The first-order chi connectivity index (χ1) is 10.2. The third-order valence-electron chi connectivity index (χ3n) is 3.69. The molecule has 0 spiro atoms. The van der Waals surface area contributed by atoms with Crippen molar-refractivity contribution >= 4 is 5.91 Å². The van der Waals surface area contributed by atoms with Gasteiger partial charge in [-0.25, -0.2) is 0 Å². The van der Waals surface area contributed by atoms with Crippen molar-refractivity contribution in [3.05, 3.63) is 59.4 Å². The van der Waals surface area contributed by atoms with Gasteiger partial charge < -0.3 is 10.1 Å². The number of hydrogen-bond donors (Lipinski definition) is 1. The molecular weight excluding hydrogens is 264 g/mol. The molecule has 1 atom stereocenters. The molecule has 1 aromatic carbocycles. The van der Waals surface area contributed by atoms with E-state index in [9.17, 15) is 4.79 Å². The number of carbonyl (C=O) groups is 1. The molecule has 21 heavy (non-hydrogen) atoms. The standard InChI is InChI=1S/C17H18N2O2/c1-12-6-7-13(9-18-12)10-19-17(20)15-8-14-4-2-3-5-16(14)21-11-15/h2-7,9,15H,8,10-11H2,1H3,(H,19,20). The van der Waals surface area contributed by atoms with Gasteiger partial charge in [0.2, 0.25) is 5.91 Å². The second kappa shape index (κ2) is 5.95.